The van der Waals surface area contributed by atoms with Gasteiger partial charge in [-0.05, 0) is 48.8 Å². The number of carbonyl (C=O) groups excluding carboxylic acids is 1. The molecule has 1 N–H and O–H groups in total. The second kappa shape index (κ2) is 6.73. The predicted octanol–water partition coefficient (Wildman–Crippen LogP) is 4.51. The van der Waals surface area contributed by atoms with Crippen LogP contribution in [0.25, 0.3) is 0 Å². The average Bonchev–Trinajstić information content (AvgIpc) is 2.87. The minimum Gasteiger partial charge on any atom is -0.349 e. The molecule has 0 radical (unpaired) electrons. The molecule has 2 aromatic rings. The van der Waals surface area contributed by atoms with Crippen molar-refractivity contribution in [1.29, 1.82) is 0 Å². The summed E-state index contributed by atoms with van der Waals surface area (Å²) in [6.45, 7) is 5.25. The standard InChI is InChI=1S/C21H26ClN3O/c1-21(2)10-18(24-20(26)15-6-4-7-15)17-12-23-25(19(17)11-21)13-14-5-3-8-16(22)9-14/h3,5,8-9,12,15,18H,4,6-7,10-11,13H2,1-2H3,(H,24,26). The van der Waals surface area contributed by atoms with Crippen LogP contribution in [-0.2, 0) is 17.8 Å². The van der Waals surface area contributed by atoms with Gasteiger partial charge < -0.3 is 5.32 Å². The van der Waals surface area contributed by atoms with Crippen LogP contribution in [0.4, 0.5) is 0 Å². The first kappa shape index (κ1) is 17.6. The van der Waals surface area contributed by atoms with Crippen molar-refractivity contribution in [3.05, 3.63) is 52.3 Å². The lowest BCUT2D eigenvalue weighted by molar-refractivity contribution is -0.128. The van der Waals surface area contributed by atoms with Gasteiger partial charge in [0.1, 0.15) is 0 Å². The van der Waals surface area contributed by atoms with E-state index in [1.54, 1.807) is 0 Å². The summed E-state index contributed by atoms with van der Waals surface area (Å²) in [4.78, 5) is 12.5. The fourth-order valence-corrected chi connectivity index (χ4v) is 4.34. The van der Waals surface area contributed by atoms with E-state index >= 15 is 0 Å². The molecule has 2 aliphatic carbocycles. The number of rotatable bonds is 4. The van der Waals surface area contributed by atoms with Gasteiger partial charge in [0.25, 0.3) is 0 Å². The third kappa shape index (κ3) is 3.52. The van der Waals surface area contributed by atoms with Gasteiger partial charge in [0, 0.05) is 22.2 Å². The van der Waals surface area contributed by atoms with Crippen molar-refractivity contribution in [1.82, 2.24) is 15.1 Å². The second-order valence-corrected chi connectivity index (χ2v) is 9.00. The Morgan fingerprint density at radius 1 is 1.38 bits per heavy atom. The molecule has 1 heterocycles. The quantitative estimate of drug-likeness (QED) is 0.859. The molecule has 138 valence electrons. The van der Waals surface area contributed by atoms with Crippen molar-refractivity contribution in [3.8, 4) is 0 Å². The highest BCUT2D eigenvalue weighted by Gasteiger charge is 2.37. The molecule has 5 heteroatoms. The average molecular weight is 372 g/mol. The molecule has 1 aromatic heterocycles. The Kier molecular flexibility index (Phi) is 4.55. The lowest BCUT2D eigenvalue weighted by Crippen LogP contribution is -2.41. The molecule has 1 aromatic carbocycles. The number of fused-ring (bicyclic) bond motifs is 1. The summed E-state index contributed by atoms with van der Waals surface area (Å²) in [5.74, 6) is 0.428. The molecule has 0 saturated heterocycles. The van der Waals surface area contributed by atoms with Crippen LogP contribution >= 0.6 is 11.6 Å². The highest BCUT2D eigenvalue weighted by molar-refractivity contribution is 6.30. The van der Waals surface area contributed by atoms with Crippen molar-refractivity contribution in [2.75, 3.05) is 0 Å². The van der Waals surface area contributed by atoms with Gasteiger partial charge in [-0.1, -0.05) is 44.0 Å². The Morgan fingerprint density at radius 3 is 2.88 bits per heavy atom. The van der Waals surface area contributed by atoms with Crippen LogP contribution in [0, 0.1) is 11.3 Å². The fourth-order valence-electron chi connectivity index (χ4n) is 4.13. The Bertz CT molecular complexity index is 822. The molecule has 2 aliphatic rings. The van der Waals surface area contributed by atoms with Crippen LogP contribution < -0.4 is 5.32 Å². The topological polar surface area (TPSA) is 46.9 Å². The van der Waals surface area contributed by atoms with Gasteiger partial charge in [0.15, 0.2) is 0 Å². The monoisotopic (exact) mass is 371 g/mol. The fraction of sp³-hybridized carbons (Fsp3) is 0.524. The van der Waals surface area contributed by atoms with Crippen LogP contribution in [-0.4, -0.2) is 15.7 Å². The highest BCUT2D eigenvalue weighted by Crippen LogP contribution is 2.41. The van der Waals surface area contributed by atoms with E-state index in [1.165, 1.54) is 17.7 Å². The lowest BCUT2D eigenvalue weighted by Gasteiger charge is -2.37. The molecule has 4 nitrogen and oxygen atoms in total. The zero-order valence-electron chi connectivity index (χ0n) is 15.5. The summed E-state index contributed by atoms with van der Waals surface area (Å²) < 4.78 is 2.07. The maximum absolute atomic E-state index is 12.5. The number of carbonyl (C=O) groups is 1. The number of amides is 1. The van der Waals surface area contributed by atoms with E-state index in [0.29, 0.717) is 6.54 Å². The van der Waals surface area contributed by atoms with Crippen LogP contribution in [0.3, 0.4) is 0 Å². The number of benzene rings is 1. The van der Waals surface area contributed by atoms with Gasteiger partial charge in [-0.25, -0.2) is 0 Å². The first-order valence-electron chi connectivity index (χ1n) is 9.51. The number of hydrogen-bond donors (Lipinski definition) is 1. The Hall–Kier alpha value is -1.81. The normalized spacial score (nSPS) is 21.7. The number of nitrogens with zero attached hydrogens (tertiary/aromatic N) is 2. The molecular weight excluding hydrogens is 346 g/mol. The first-order valence-corrected chi connectivity index (χ1v) is 9.88. The van der Waals surface area contributed by atoms with Gasteiger partial charge in [-0.2, -0.15) is 5.10 Å². The van der Waals surface area contributed by atoms with Gasteiger partial charge in [0.05, 0.1) is 18.8 Å². The van der Waals surface area contributed by atoms with E-state index < -0.39 is 0 Å². The summed E-state index contributed by atoms with van der Waals surface area (Å²) >= 11 is 6.13. The Balaban J connectivity index is 1.59. The van der Waals surface area contributed by atoms with Gasteiger partial charge in [-0.15, -0.1) is 0 Å². The number of hydrogen-bond acceptors (Lipinski definition) is 2. The summed E-state index contributed by atoms with van der Waals surface area (Å²) in [7, 11) is 0. The maximum Gasteiger partial charge on any atom is 0.223 e. The van der Waals surface area contributed by atoms with E-state index in [9.17, 15) is 4.79 Å². The first-order chi connectivity index (χ1) is 12.4. The smallest absolute Gasteiger partial charge is 0.223 e. The molecule has 26 heavy (non-hydrogen) atoms. The van der Waals surface area contributed by atoms with Crippen molar-refractivity contribution in [2.45, 2.75) is 58.5 Å². The van der Waals surface area contributed by atoms with Crippen molar-refractivity contribution in [2.24, 2.45) is 11.3 Å². The summed E-state index contributed by atoms with van der Waals surface area (Å²) in [6, 6.07) is 7.98. The minimum absolute atomic E-state index is 0.0648. The second-order valence-electron chi connectivity index (χ2n) is 8.57. The molecule has 0 aliphatic heterocycles. The highest BCUT2D eigenvalue weighted by atomic mass is 35.5. The lowest BCUT2D eigenvalue weighted by atomic mass is 9.74. The largest absolute Gasteiger partial charge is 0.349 e. The van der Waals surface area contributed by atoms with Gasteiger partial charge >= 0.3 is 0 Å². The molecule has 1 unspecified atom stereocenters. The SMILES string of the molecule is CC1(C)Cc2c(cnn2Cc2cccc(Cl)c2)C(NC(=O)C2CCC2)C1. The predicted molar refractivity (Wildman–Crippen MR) is 103 cm³/mol. The van der Waals surface area contributed by atoms with E-state index in [0.717, 1.165) is 36.3 Å². The molecule has 0 spiro atoms. The summed E-state index contributed by atoms with van der Waals surface area (Å²) in [6.07, 6.45) is 7.11. The van der Waals surface area contributed by atoms with Crippen molar-refractivity contribution in [3.63, 3.8) is 0 Å². The molecule has 1 saturated carbocycles. The summed E-state index contributed by atoms with van der Waals surface area (Å²) in [5.41, 5.74) is 3.69. The van der Waals surface area contributed by atoms with E-state index in [1.807, 2.05) is 24.4 Å². The molecule has 0 bridgehead atoms. The van der Waals surface area contributed by atoms with Crippen LogP contribution in [0.1, 0.15) is 62.4 Å². The Labute approximate surface area is 159 Å². The van der Waals surface area contributed by atoms with Gasteiger partial charge in [0.2, 0.25) is 5.91 Å². The minimum atomic E-state index is 0.0648. The van der Waals surface area contributed by atoms with Crippen molar-refractivity contribution >= 4 is 17.5 Å². The van der Waals surface area contributed by atoms with E-state index in [4.69, 9.17) is 11.6 Å². The summed E-state index contributed by atoms with van der Waals surface area (Å²) in [5, 5.41) is 8.70. The Morgan fingerprint density at radius 2 is 2.19 bits per heavy atom. The van der Waals surface area contributed by atoms with Crippen LogP contribution in [0.2, 0.25) is 5.02 Å². The third-order valence-electron chi connectivity index (χ3n) is 5.77. The van der Waals surface area contributed by atoms with E-state index in [-0.39, 0.29) is 23.3 Å². The van der Waals surface area contributed by atoms with E-state index in [2.05, 4.69) is 35.0 Å². The molecule has 1 atom stereocenters. The molecule has 1 amide bonds. The maximum atomic E-state index is 12.5. The number of nitrogens with one attached hydrogen (secondary N) is 1. The number of halogens is 1. The molecular formula is C21H26ClN3O. The zero-order chi connectivity index (χ0) is 18.3. The van der Waals surface area contributed by atoms with Crippen LogP contribution in [0.15, 0.2) is 30.5 Å². The zero-order valence-corrected chi connectivity index (χ0v) is 16.2. The molecule has 4 rings (SSSR count). The van der Waals surface area contributed by atoms with Crippen molar-refractivity contribution < 1.29 is 4.79 Å². The van der Waals surface area contributed by atoms with Crippen LogP contribution in [0.5, 0.6) is 0 Å². The molecule has 1 fully saturated rings. The number of aromatic nitrogens is 2. The van der Waals surface area contributed by atoms with Gasteiger partial charge in [-0.3, -0.25) is 9.48 Å². The third-order valence-corrected chi connectivity index (χ3v) is 6.01.